The molecule has 4 rings (SSSR count). The minimum Gasteiger partial charge on any atom is -0.369 e. The summed E-state index contributed by atoms with van der Waals surface area (Å²) in [6.45, 7) is 2.21. The molecule has 0 radical (unpaired) electrons. The van der Waals surface area contributed by atoms with Gasteiger partial charge in [-0.1, -0.05) is 5.16 Å². The molecule has 0 atom stereocenters. The van der Waals surface area contributed by atoms with Crippen molar-refractivity contribution >= 4 is 29.6 Å². The van der Waals surface area contributed by atoms with Crippen molar-refractivity contribution in [2.45, 2.75) is 6.92 Å². The quantitative estimate of drug-likeness (QED) is 0.302. The largest absolute Gasteiger partial charge is 0.412 e. The van der Waals surface area contributed by atoms with Crippen LogP contribution in [0.3, 0.4) is 0 Å². The van der Waals surface area contributed by atoms with Gasteiger partial charge in [0.15, 0.2) is 11.6 Å². The monoisotopic (exact) mass is 437 g/mol. The Labute approximate surface area is 178 Å². The van der Waals surface area contributed by atoms with Gasteiger partial charge < -0.3 is 20.3 Å². The standard InChI is InChI=1S/C18H15N9O5/c1-2-21-18(30)24-11-8-27-12(23-11)6-10(9-4-3-5-20-7-9)22-14(27)13-25-15(32-26-13)16(28)31-17(19)29/h3-8H,2H2,1H3,(H2,19,29)(H2,21,24,30). The van der Waals surface area contributed by atoms with Crippen LogP contribution in [0.25, 0.3) is 28.6 Å². The number of amides is 3. The van der Waals surface area contributed by atoms with Crippen molar-refractivity contribution < 1.29 is 23.6 Å². The van der Waals surface area contributed by atoms with E-state index in [1.165, 1.54) is 10.6 Å². The third kappa shape index (κ3) is 4.18. The summed E-state index contributed by atoms with van der Waals surface area (Å²) in [5.41, 5.74) is 6.37. The van der Waals surface area contributed by atoms with Crippen molar-refractivity contribution in [1.29, 1.82) is 0 Å². The van der Waals surface area contributed by atoms with Crippen molar-refractivity contribution in [3.63, 3.8) is 0 Å². The van der Waals surface area contributed by atoms with E-state index in [2.05, 4.69) is 40.5 Å². The lowest BCUT2D eigenvalue weighted by atomic mass is 10.2. The van der Waals surface area contributed by atoms with Gasteiger partial charge in [0.25, 0.3) is 0 Å². The molecule has 0 unspecified atom stereocenters. The summed E-state index contributed by atoms with van der Waals surface area (Å²) in [7, 11) is 0. The molecule has 0 spiro atoms. The van der Waals surface area contributed by atoms with Gasteiger partial charge in [0.05, 0.1) is 11.9 Å². The first-order chi connectivity index (χ1) is 15.4. The van der Waals surface area contributed by atoms with E-state index >= 15 is 0 Å². The molecular weight excluding hydrogens is 422 g/mol. The van der Waals surface area contributed by atoms with E-state index in [1.807, 2.05) is 0 Å². The maximum absolute atomic E-state index is 11.9. The number of nitrogens with one attached hydrogen (secondary N) is 2. The first-order valence-electron chi connectivity index (χ1n) is 9.15. The van der Waals surface area contributed by atoms with Gasteiger partial charge in [0.1, 0.15) is 5.65 Å². The molecule has 14 heteroatoms. The van der Waals surface area contributed by atoms with Crippen LogP contribution in [0.2, 0.25) is 0 Å². The number of imidazole rings is 1. The number of urea groups is 1. The molecule has 0 bridgehead atoms. The van der Waals surface area contributed by atoms with E-state index in [0.717, 1.165) is 0 Å². The van der Waals surface area contributed by atoms with Gasteiger partial charge in [-0.3, -0.25) is 14.7 Å². The van der Waals surface area contributed by atoms with Crippen molar-refractivity contribution in [3.8, 4) is 22.9 Å². The number of fused-ring (bicyclic) bond motifs is 1. The zero-order valence-electron chi connectivity index (χ0n) is 16.5. The number of pyridine rings is 1. The number of esters is 1. The number of nitrogens with two attached hydrogens (primary N) is 1. The van der Waals surface area contributed by atoms with Crippen molar-refractivity contribution in [1.82, 2.24) is 34.8 Å². The van der Waals surface area contributed by atoms with Crippen LogP contribution in [0.4, 0.5) is 15.4 Å². The molecule has 0 aliphatic heterocycles. The highest BCUT2D eigenvalue weighted by molar-refractivity contribution is 5.92. The molecule has 4 aromatic rings. The fourth-order valence-corrected chi connectivity index (χ4v) is 2.72. The fourth-order valence-electron chi connectivity index (χ4n) is 2.72. The summed E-state index contributed by atoms with van der Waals surface area (Å²) < 4.78 is 10.6. The zero-order valence-corrected chi connectivity index (χ0v) is 16.5. The average molecular weight is 437 g/mol. The first-order valence-corrected chi connectivity index (χ1v) is 9.15. The minimum absolute atomic E-state index is 0.0980. The molecular formula is C18H15N9O5. The number of hydrogen-bond acceptors (Lipinski definition) is 10. The Kier molecular flexibility index (Phi) is 5.40. The van der Waals surface area contributed by atoms with Crippen LogP contribution < -0.4 is 16.4 Å². The van der Waals surface area contributed by atoms with E-state index in [0.29, 0.717) is 23.4 Å². The van der Waals surface area contributed by atoms with E-state index in [1.54, 1.807) is 37.5 Å². The number of carbonyl (C=O) groups is 3. The van der Waals surface area contributed by atoms with E-state index in [9.17, 15) is 14.4 Å². The van der Waals surface area contributed by atoms with Crippen LogP contribution in [0, 0.1) is 0 Å². The molecule has 0 fully saturated rings. The zero-order chi connectivity index (χ0) is 22.7. The Balaban J connectivity index is 1.81. The number of hydrogen-bond donors (Lipinski definition) is 3. The number of carbonyl (C=O) groups excluding carboxylic acids is 3. The van der Waals surface area contributed by atoms with Gasteiger partial charge in [-0.05, 0) is 19.1 Å². The summed E-state index contributed by atoms with van der Waals surface area (Å²) in [5, 5.41) is 8.94. The molecule has 0 aliphatic carbocycles. The van der Waals surface area contributed by atoms with Gasteiger partial charge in [-0.15, -0.1) is 0 Å². The predicted molar refractivity (Wildman–Crippen MR) is 107 cm³/mol. The molecule has 162 valence electrons. The Morgan fingerprint density at radius 3 is 2.81 bits per heavy atom. The molecule has 4 aromatic heterocycles. The Morgan fingerprint density at radius 2 is 2.09 bits per heavy atom. The highest BCUT2D eigenvalue weighted by Crippen LogP contribution is 2.25. The highest BCUT2D eigenvalue weighted by Gasteiger charge is 2.23. The highest BCUT2D eigenvalue weighted by atomic mass is 16.6. The summed E-state index contributed by atoms with van der Waals surface area (Å²) in [6, 6.07) is 4.76. The Bertz CT molecular complexity index is 1320. The third-order valence-electron chi connectivity index (χ3n) is 3.98. The van der Waals surface area contributed by atoms with Gasteiger partial charge in [0, 0.05) is 30.6 Å². The van der Waals surface area contributed by atoms with Crippen LogP contribution in [-0.4, -0.2) is 54.1 Å². The van der Waals surface area contributed by atoms with Crippen molar-refractivity contribution in [2.24, 2.45) is 5.73 Å². The number of ether oxygens (including phenoxy) is 1. The number of nitrogens with zero attached hydrogens (tertiary/aromatic N) is 6. The number of primary amides is 1. The summed E-state index contributed by atoms with van der Waals surface area (Å²) in [5.74, 6) is -1.53. The molecule has 0 saturated carbocycles. The summed E-state index contributed by atoms with van der Waals surface area (Å²) in [4.78, 5) is 51.4. The summed E-state index contributed by atoms with van der Waals surface area (Å²) in [6.07, 6.45) is 3.40. The normalized spacial score (nSPS) is 10.7. The van der Waals surface area contributed by atoms with Crippen LogP contribution in [-0.2, 0) is 4.74 Å². The summed E-state index contributed by atoms with van der Waals surface area (Å²) >= 11 is 0. The lowest BCUT2D eigenvalue weighted by Gasteiger charge is -2.05. The number of anilines is 1. The molecule has 4 N–H and O–H groups in total. The molecule has 0 aliphatic rings. The molecule has 4 heterocycles. The van der Waals surface area contributed by atoms with Gasteiger partial charge in [-0.25, -0.2) is 24.4 Å². The number of aromatic nitrogens is 6. The first kappa shape index (κ1) is 20.4. The lowest BCUT2D eigenvalue weighted by Crippen LogP contribution is -2.28. The topological polar surface area (TPSA) is 193 Å². The SMILES string of the molecule is CCNC(=O)Nc1cn2c(-c3noc(C(=O)OC(N)=O)n3)nc(-c3cccnc3)cc2n1. The smallest absolute Gasteiger partial charge is 0.369 e. The molecule has 32 heavy (non-hydrogen) atoms. The van der Waals surface area contributed by atoms with Gasteiger partial charge in [-0.2, -0.15) is 4.98 Å². The maximum atomic E-state index is 11.9. The van der Waals surface area contributed by atoms with Gasteiger partial charge in [0.2, 0.25) is 5.82 Å². The molecule has 14 nitrogen and oxygen atoms in total. The van der Waals surface area contributed by atoms with Crippen LogP contribution in [0.15, 0.2) is 41.3 Å². The second kappa shape index (κ2) is 8.47. The van der Waals surface area contributed by atoms with E-state index in [-0.39, 0.29) is 17.5 Å². The third-order valence-corrected chi connectivity index (χ3v) is 3.98. The second-order valence-corrected chi connectivity index (χ2v) is 6.18. The number of rotatable bonds is 5. The molecule has 3 amide bonds. The van der Waals surface area contributed by atoms with Gasteiger partial charge >= 0.3 is 24.0 Å². The van der Waals surface area contributed by atoms with Crippen LogP contribution >= 0.6 is 0 Å². The molecule has 0 aromatic carbocycles. The maximum Gasteiger partial charge on any atom is 0.412 e. The van der Waals surface area contributed by atoms with E-state index < -0.39 is 24.0 Å². The lowest BCUT2D eigenvalue weighted by molar-refractivity contribution is 0.0586. The van der Waals surface area contributed by atoms with E-state index in [4.69, 9.17) is 10.3 Å². The van der Waals surface area contributed by atoms with Crippen LogP contribution in [0.1, 0.15) is 17.6 Å². The van der Waals surface area contributed by atoms with Crippen LogP contribution in [0.5, 0.6) is 0 Å². The second-order valence-electron chi connectivity index (χ2n) is 6.18. The fraction of sp³-hybridized carbons (Fsp3) is 0.111. The van der Waals surface area contributed by atoms with Crippen molar-refractivity contribution in [2.75, 3.05) is 11.9 Å². The molecule has 0 saturated heterocycles. The van der Waals surface area contributed by atoms with Crippen molar-refractivity contribution in [3.05, 3.63) is 42.7 Å². The minimum atomic E-state index is -1.32. The average Bonchev–Trinajstić information content (AvgIpc) is 3.40. The predicted octanol–water partition coefficient (Wildman–Crippen LogP) is 1.22. The Morgan fingerprint density at radius 1 is 1.25 bits per heavy atom. The Hall–Kier alpha value is -4.88.